The molecule has 0 atom stereocenters. The van der Waals surface area contributed by atoms with Crippen LogP contribution < -0.4 is 10.1 Å². The molecule has 2 N–H and O–H groups in total. The number of hydrogen-bond donors (Lipinski definition) is 2. The van der Waals surface area contributed by atoms with Gasteiger partial charge < -0.3 is 19.7 Å². The van der Waals surface area contributed by atoms with Crippen molar-refractivity contribution in [2.45, 2.75) is 19.6 Å². The van der Waals surface area contributed by atoms with Gasteiger partial charge in [-0.2, -0.15) is 13.2 Å². The fourth-order valence-corrected chi connectivity index (χ4v) is 4.65. The lowest BCUT2D eigenvalue weighted by atomic mass is 10.2. The predicted octanol–water partition coefficient (Wildman–Crippen LogP) is 5.45. The third-order valence-electron chi connectivity index (χ3n) is 5.17. The molecule has 0 radical (unpaired) electrons. The van der Waals surface area contributed by atoms with E-state index in [1.165, 1.54) is 31.6 Å². The minimum atomic E-state index is -4.80. The number of nitrogens with zero attached hydrogens (tertiary/aromatic N) is 3. The van der Waals surface area contributed by atoms with Crippen molar-refractivity contribution >= 4 is 34.0 Å². The normalized spacial score (nSPS) is 11.7. The van der Waals surface area contributed by atoms with Crippen molar-refractivity contribution in [2.75, 3.05) is 19.0 Å². The molecular formula is C22H18F4N4O3S. The predicted molar refractivity (Wildman–Crippen MR) is 119 cm³/mol. The van der Waals surface area contributed by atoms with Crippen molar-refractivity contribution in [3.63, 3.8) is 0 Å². The molecule has 0 spiro atoms. The Bertz CT molecular complexity index is 1380. The minimum Gasteiger partial charge on any atom is -0.496 e. The molecule has 0 saturated carbocycles. The van der Waals surface area contributed by atoms with Crippen molar-refractivity contribution in [1.82, 2.24) is 14.5 Å². The number of carboxylic acid groups (broad SMARTS) is 1. The van der Waals surface area contributed by atoms with Crippen LogP contribution in [0.2, 0.25) is 0 Å². The second-order valence-corrected chi connectivity index (χ2v) is 8.40. The molecule has 1 aromatic carbocycles. The Morgan fingerprint density at radius 3 is 2.62 bits per heavy atom. The summed E-state index contributed by atoms with van der Waals surface area (Å²) >= 11 is 0.497. The molecule has 0 saturated heterocycles. The third-order valence-corrected chi connectivity index (χ3v) is 6.31. The van der Waals surface area contributed by atoms with Crippen molar-refractivity contribution in [3.05, 3.63) is 58.6 Å². The van der Waals surface area contributed by atoms with Crippen LogP contribution in [0.3, 0.4) is 0 Å². The number of halogens is 4. The van der Waals surface area contributed by atoms with Crippen LogP contribution in [-0.2, 0) is 12.7 Å². The van der Waals surface area contributed by atoms with Crippen LogP contribution in [-0.4, -0.2) is 39.3 Å². The minimum absolute atomic E-state index is 0.0602. The Balaban J connectivity index is 1.54. The van der Waals surface area contributed by atoms with E-state index in [4.69, 9.17) is 9.84 Å². The first-order chi connectivity index (χ1) is 16.1. The van der Waals surface area contributed by atoms with E-state index < -0.39 is 28.4 Å². The zero-order chi connectivity index (χ0) is 24.6. The highest BCUT2D eigenvalue weighted by Gasteiger charge is 2.37. The maximum Gasteiger partial charge on any atom is 0.418 e. The Hall–Kier alpha value is -3.67. The number of carboxylic acids is 1. The zero-order valence-corrected chi connectivity index (χ0v) is 18.7. The van der Waals surface area contributed by atoms with Crippen molar-refractivity contribution in [1.29, 1.82) is 0 Å². The third kappa shape index (κ3) is 4.53. The van der Waals surface area contributed by atoms with E-state index in [9.17, 15) is 22.4 Å². The number of rotatable bonds is 7. The smallest absolute Gasteiger partial charge is 0.418 e. The van der Waals surface area contributed by atoms with E-state index in [1.807, 2.05) is 17.6 Å². The number of nitrogens with one attached hydrogen (secondary N) is 1. The van der Waals surface area contributed by atoms with Gasteiger partial charge in [-0.25, -0.2) is 19.2 Å². The van der Waals surface area contributed by atoms with E-state index >= 15 is 0 Å². The number of benzene rings is 1. The number of alkyl halides is 3. The molecule has 0 aliphatic carbocycles. The molecule has 3 heterocycles. The first kappa shape index (κ1) is 23.5. The summed E-state index contributed by atoms with van der Waals surface area (Å²) in [5.41, 5.74) is 0.503. The summed E-state index contributed by atoms with van der Waals surface area (Å²) < 4.78 is 60.8. The van der Waals surface area contributed by atoms with Crippen LogP contribution in [0.25, 0.3) is 21.5 Å². The first-order valence-electron chi connectivity index (χ1n) is 9.92. The summed E-state index contributed by atoms with van der Waals surface area (Å²) in [4.78, 5) is 18.6. The Kier molecular flexibility index (Phi) is 6.17. The fourth-order valence-electron chi connectivity index (χ4n) is 3.66. The van der Waals surface area contributed by atoms with Gasteiger partial charge in [0.1, 0.15) is 28.6 Å². The molecule has 0 aliphatic heterocycles. The molecule has 178 valence electrons. The number of aromatic carboxylic acids is 1. The highest BCUT2D eigenvalue weighted by molar-refractivity contribution is 7.17. The van der Waals surface area contributed by atoms with Crippen LogP contribution in [0, 0.1) is 12.7 Å². The fraction of sp³-hybridized carbons (Fsp3) is 0.227. The summed E-state index contributed by atoms with van der Waals surface area (Å²) in [5.74, 6) is -1.30. The van der Waals surface area contributed by atoms with E-state index in [0.29, 0.717) is 41.5 Å². The van der Waals surface area contributed by atoms with Gasteiger partial charge in [0.05, 0.1) is 28.8 Å². The van der Waals surface area contributed by atoms with Crippen molar-refractivity contribution in [3.8, 4) is 16.3 Å². The maximum absolute atomic E-state index is 14.0. The summed E-state index contributed by atoms with van der Waals surface area (Å²) in [5, 5.41) is 13.0. The van der Waals surface area contributed by atoms with Gasteiger partial charge in [-0.15, -0.1) is 11.3 Å². The molecule has 0 bridgehead atoms. The molecule has 12 heteroatoms. The number of aryl methyl sites for hydroxylation is 1. The average Bonchev–Trinajstić information content (AvgIpc) is 3.36. The second-order valence-electron chi connectivity index (χ2n) is 7.35. The molecule has 4 aromatic rings. The number of hydrogen-bond acceptors (Lipinski definition) is 6. The molecule has 4 rings (SSSR count). The number of methoxy groups -OCH3 is 1. The molecule has 7 nitrogen and oxygen atoms in total. The summed E-state index contributed by atoms with van der Waals surface area (Å²) in [6, 6.07) is 6.85. The Labute approximate surface area is 194 Å². The SMILES string of the molecule is COc1cc(F)cc2c1cc(C)n2CCNc1cc(-c2cc(C(F)(F)F)c(C(=O)O)s2)ncn1. The lowest BCUT2D eigenvalue weighted by molar-refractivity contribution is -0.137. The molecular weight excluding hydrogens is 476 g/mol. The van der Waals surface area contributed by atoms with Gasteiger partial charge in [0.15, 0.2) is 0 Å². The largest absolute Gasteiger partial charge is 0.496 e. The number of thiophene rings is 1. The van der Waals surface area contributed by atoms with E-state index in [0.717, 1.165) is 17.1 Å². The molecule has 3 aromatic heterocycles. The molecule has 0 amide bonds. The van der Waals surface area contributed by atoms with Gasteiger partial charge in [-0.3, -0.25) is 0 Å². The van der Waals surface area contributed by atoms with Gasteiger partial charge in [0, 0.05) is 36.3 Å². The van der Waals surface area contributed by atoms with Crippen molar-refractivity contribution in [2.24, 2.45) is 0 Å². The summed E-state index contributed by atoms with van der Waals surface area (Å²) in [6.45, 7) is 2.70. The molecule has 34 heavy (non-hydrogen) atoms. The highest BCUT2D eigenvalue weighted by Crippen LogP contribution is 2.40. The number of carbonyl (C=O) groups is 1. The number of fused-ring (bicyclic) bond motifs is 1. The average molecular weight is 494 g/mol. The van der Waals surface area contributed by atoms with E-state index in [1.54, 1.807) is 0 Å². The van der Waals surface area contributed by atoms with E-state index in [2.05, 4.69) is 15.3 Å². The van der Waals surface area contributed by atoms with Gasteiger partial charge >= 0.3 is 12.1 Å². The number of ether oxygens (including phenoxy) is 1. The van der Waals surface area contributed by atoms with Crippen LogP contribution >= 0.6 is 11.3 Å². The Morgan fingerprint density at radius 1 is 1.21 bits per heavy atom. The molecule has 0 unspecified atom stereocenters. The van der Waals surface area contributed by atoms with E-state index in [-0.39, 0.29) is 10.6 Å². The standard InChI is InChI=1S/C22H18F4N4O3S/c1-11-5-13-16(6-12(23)7-17(13)33-2)30(11)4-3-27-19-9-15(28-10-29-19)18-8-14(22(24,25)26)20(34-18)21(31)32/h5-10H,3-4H2,1-2H3,(H,31,32)(H,27,28,29). The highest BCUT2D eigenvalue weighted by atomic mass is 32.1. The van der Waals surface area contributed by atoms with Crippen LogP contribution in [0.4, 0.5) is 23.4 Å². The van der Waals surface area contributed by atoms with Gasteiger partial charge in [-0.1, -0.05) is 0 Å². The maximum atomic E-state index is 14.0. The van der Waals surface area contributed by atoms with Crippen LogP contribution in [0.1, 0.15) is 20.9 Å². The summed E-state index contributed by atoms with van der Waals surface area (Å²) in [7, 11) is 1.47. The number of anilines is 1. The lowest BCUT2D eigenvalue weighted by Gasteiger charge is -2.11. The van der Waals surface area contributed by atoms with Gasteiger partial charge in [0.25, 0.3) is 0 Å². The lowest BCUT2D eigenvalue weighted by Crippen LogP contribution is -2.12. The Morgan fingerprint density at radius 2 is 1.97 bits per heavy atom. The monoisotopic (exact) mass is 494 g/mol. The second kappa shape index (κ2) is 8.93. The molecule has 0 fully saturated rings. The van der Waals surface area contributed by atoms with Crippen LogP contribution in [0.5, 0.6) is 5.75 Å². The first-order valence-corrected chi connectivity index (χ1v) is 10.7. The number of aromatic nitrogens is 3. The van der Waals surface area contributed by atoms with Gasteiger partial charge in [-0.05, 0) is 25.1 Å². The van der Waals surface area contributed by atoms with Crippen molar-refractivity contribution < 1.29 is 32.2 Å². The van der Waals surface area contributed by atoms with Crippen LogP contribution in [0.15, 0.2) is 36.7 Å². The zero-order valence-electron chi connectivity index (χ0n) is 17.9. The molecule has 0 aliphatic rings. The summed E-state index contributed by atoms with van der Waals surface area (Å²) in [6.07, 6.45) is -3.61. The van der Waals surface area contributed by atoms with Gasteiger partial charge in [0.2, 0.25) is 0 Å². The quantitative estimate of drug-likeness (QED) is 0.333. The topological polar surface area (TPSA) is 89.3 Å².